The van der Waals surface area contributed by atoms with Crippen molar-refractivity contribution in [2.24, 2.45) is 5.73 Å². The lowest BCUT2D eigenvalue weighted by Gasteiger charge is -2.36. The van der Waals surface area contributed by atoms with Crippen molar-refractivity contribution < 1.29 is 8.42 Å². The van der Waals surface area contributed by atoms with Gasteiger partial charge in [0.15, 0.2) is 0 Å². The van der Waals surface area contributed by atoms with E-state index < -0.39 is 15.7 Å². The van der Waals surface area contributed by atoms with Gasteiger partial charge < -0.3 is 5.73 Å². The maximum Gasteiger partial charge on any atom is 0.280 e. The number of amidine groups is 1. The van der Waals surface area contributed by atoms with Crippen LogP contribution in [0.5, 0.6) is 0 Å². The third kappa shape index (κ3) is 4.17. The van der Waals surface area contributed by atoms with Gasteiger partial charge in [-0.25, -0.2) is 0 Å². The molecule has 6 nitrogen and oxygen atoms in total. The van der Waals surface area contributed by atoms with Gasteiger partial charge in [0.1, 0.15) is 5.84 Å². The van der Waals surface area contributed by atoms with Crippen molar-refractivity contribution in [2.75, 3.05) is 7.05 Å². The molecule has 0 unspecified atom stereocenters. The average Bonchev–Trinajstić information content (AvgIpc) is 2.31. The molecule has 0 amide bonds. The lowest BCUT2D eigenvalue weighted by molar-refractivity contribution is 0.342. The van der Waals surface area contributed by atoms with Gasteiger partial charge in [0.25, 0.3) is 10.2 Å². The van der Waals surface area contributed by atoms with Gasteiger partial charge in [-0.05, 0) is 26.7 Å². The number of hydrogen-bond donors (Lipinski definition) is 3. The standard InChI is InChI=1S/C13H28N4O2S/c1-11(2)17(3)20(18,19)16-13(12(14)15)9-7-5-4-6-8-10-13/h11,16H,4-10H2,1-3H3,(H3,14,15). The molecule has 20 heavy (non-hydrogen) atoms. The summed E-state index contributed by atoms with van der Waals surface area (Å²) >= 11 is 0. The summed E-state index contributed by atoms with van der Waals surface area (Å²) in [7, 11) is -2.08. The number of hydrogen-bond acceptors (Lipinski definition) is 3. The Hall–Kier alpha value is -0.660. The highest BCUT2D eigenvalue weighted by Crippen LogP contribution is 2.27. The van der Waals surface area contributed by atoms with E-state index in [2.05, 4.69) is 4.72 Å². The summed E-state index contributed by atoms with van der Waals surface area (Å²) < 4.78 is 28.8. The largest absolute Gasteiger partial charge is 0.386 e. The Labute approximate surface area is 122 Å². The summed E-state index contributed by atoms with van der Waals surface area (Å²) in [5.41, 5.74) is 4.83. The fourth-order valence-electron chi connectivity index (χ4n) is 2.53. The predicted molar refractivity (Wildman–Crippen MR) is 81.9 cm³/mol. The molecule has 1 aliphatic rings. The monoisotopic (exact) mass is 304 g/mol. The maximum absolute atomic E-state index is 12.4. The summed E-state index contributed by atoms with van der Waals surface area (Å²) in [6, 6.07) is -0.134. The van der Waals surface area contributed by atoms with E-state index in [9.17, 15) is 8.42 Å². The van der Waals surface area contributed by atoms with Crippen molar-refractivity contribution in [1.29, 1.82) is 5.41 Å². The number of nitrogens with two attached hydrogens (primary N) is 1. The van der Waals surface area contributed by atoms with E-state index in [0.717, 1.165) is 25.7 Å². The molecule has 0 saturated heterocycles. The van der Waals surface area contributed by atoms with E-state index in [4.69, 9.17) is 11.1 Å². The molecule has 118 valence electrons. The van der Waals surface area contributed by atoms with Crippen molar-refractivity contribution in [3.63, 3.8) is 0 Å². The molecular weight excluding hydrogens is 276 g/mol. The van der Waals surface area contributed by atoms with Gasteiger partial charge in [-0.1, -0.05) is 32.1 Å². The molecule has 0 bridgehead atoms. The highest BCUT2D eigenvalue weighted by atomic mass is 32.2. The molecule has 0 aliphatic heterocycles. The first kappa shape index (κ1) is 17.4. The fraction of sp³-hybridized carbons (Fsp3) is 0.923. The van der Waals surface area contributed by atoms with Crippen molar-refractivity contribution in [3.8, 4) is 0 Å². The molecule has 7 heteroatoms. The molecule has 0 aromatic rings. The van der Waals surface area contributed by atoms with Crippen molar-refractivity contribution in [3.05, 3.63) is 0 Å². The summed E-state index contributed by atoms with van der Waals surface area (Å²) in [6.45, 7) is 3.63. The quantitative estimate of drug-likeness (QED) is 0.531. The minimum absolute atomic E-state index is 0.0693. The van der Waals surface area contributed by atoms with E-state index in [0.29, 0.717) is 12.8 Å². The Morgan fingerprint density at radius 1 is 1.20 bits per heavy atom. The van der Waals surface area contributed by atoms with Crippen LogP contribution >= 0.6 is 0 Å². The van der Waals surface area contributed by atoms with Gasteiger partial charge in [-0.3, -0.25) is 5.41 Å². The molecule has 1 rings (SSSR count). The first-order valence-electron chi connectivity index (χ1n) is 7.33. The topological polar surface area (TPSA) is 99.3 Å². The van der Waals surface area contributed by atoms with Gasteiger partial charge in [-0.15, -0.1) is 0 Å². The molecule has 1 fully saturated rings. The highest BCUT2D eigenvalue weighted by molar-refractivity contribution is 7.87. The van der Waals surface area contributed by atoms with Crippen LogP contribution in [0.1, 0.15) is 58.8 Å². The molecule has 0 heterocycles. The van der Waals surface area contributed by atoms with Crippen LogP contribution in [-0.2, 0) is 10.2 Å². The Morgan fingerprint density at radius 3 is 2.05 bits per heavy atom. The second-order valence-corrected chi connectivity index (χ2v) is 7.71. The number of nitrogens with zero attached hydrogens (tertiary/aromatic N) is 1. The molecule has 0 radical (unpaired) electrons. The van der Waals surface area contributed by atoms with E-state index >= 15 is 0 Å². The van der Waals surface area contributed by atoms with Crippen LogP contribution in [0.3, 0.4) is 0 Å². The van der Waals surface area contributed by atoms with Crippen molar-refractivity contribution >= 4 is 16.0 Å². The smallest absolute Gasteiger partial charge is 0.280 e. The van der Waals surface area contributed by atoms with Crippen molar-refractivity contribution in [2.45, 2.75) is 70.4 Å². The molecule has 0 atom stereocenters. The number of nitrogens with one attached hydrogen (secondary N) is 2. The summed E-state index contributed by atoms with van der Waals surface area (Å²) in [5.74, 6) is -0.0693. The third-order valence-electron chi connectivity index (χ3n) is 4.15. The lowest BCUT2D eigenvalue weighted by Crippen LogP contribution is -2.60. The van der Waals surface area contributed by atoms with Gasteiger partial charge >= 0.3 is 0 Å². The molecular formula is C13H28N4O2S. The molecule has 0 aromatic heterocycles. The Morgan fingerprint density at radius 2 is 1.65 bits per heavy atom. The summed E-state index contributed by atoms with van der Waals surface area (Å²) in [4.78, 5) is 0. The van der Waals surface area contributed by atoms with Gasteiger partial charge in [0.2, 0.25) is 0 Å². The average molecular weight is 304 g/mol. The molecule has 1 aliphatic carbocycles. The van der Waals surface area contributed by atoms with E-state index in [1.165, 1.54) is 10.7 Å². The van der Waals surface area contributed by atoms with Crippen LogP contribution < -0.4 is 10.5 Å². The van der Waals surface area contributed by atoms with Gasteiger partial charge in [0.05, 0.1) is 5.54 Å². The second kappa shape index (κ2) is 6.87. The van der Waals surface area contributed by atoms with Crippen LogP contribution in [0.4, 0.5) is 0 Å². The first-order chi connectivity index (χ1) is 9.21. The predicted octanol–water partition coefficient (Wildman–Crippen LogP) is 1.58. The zero-order valence-electron chi connectivity index (χ0n) is 12.8. The van der Waals surface area contributed by atoms with Crippen LogP contribution in [0, 0.1) is 5.41 Å². The van der Waals surface area contributed by atoms with Crippen LogP contribution in [-0.4, -0.2) is 37.2 Å². The van der Waals surface area contributed by atoms with E-state index in [1.807, 2.05) is 13.8 Å². The highest BCUT2D eigenvalue weighted by Gasteiger charge is 2.39. The molecule has 0 aromatic carbocycles. The lowest BCUT2D eigenvalue weighted by atomic mass is 9.84. The van der Waals surface area contributed by atoms with Crippen LogP contribution in [0.15, 0.2) is 0 Å². The molecule has 4 N–H and O–H groups in total. The SMILES string of the molecule is CC(C)N(C)S(=O)(=O)NC1(C(=N)N)CCCCCCC1. The minimum atomic E-state index is -3.63. The molecule has 0 spiro atoms. The Kier molecular flexibility index (Phi) is 5.97. The van der Waals surface area contributed by atoms with Gasteiger partial charge in [0, 0.05) is 13.1 Å². The maximum atomic E-state index is 12.4. The third-order valence-corrected chi connectivity index (χ3v) is 5.98. The summed E-state index contributed by atoms with van der Waals surface area (Å²) in [6.07, 6.45) is 6.31. The normalized spacial score (nSPS) is 20.6. The zero-order valence-corrected chi connectivity index (χ0v) is 13.6. The van der Waals surface area contributed by atoms with Crippen LogP contribution in [0.2, 0.25) is 0 Å². The minimum Gasteiger partial charge on any atom is -0.386 e. The Balaban J connectivity index is 2.98. The molecule has 1 saturated carbocycles. The fourth-order valence-corrected chi connectivity index (χ4v) is 4.04. The Bertz CT molecular complexity index is 426. The summed E-state index contributed by atoms with van der Waals surface area (Å²) in [5, 5.41) is 7.87. The zero-order chi connectivity index (χ0) is 15.4. The van der Waals surface area contributed by atoms with E-state index in [1.54, 1.807) is 7.05 Å². The van der Waals surface area contributed by atoms with Crippen LogP contribution in [0.25, 0.3) is 0 Å². The van der Waals surface area contributed by atoms with Gasteiger partial charge in [-0.2, -0.15) is 17.4 Å². The first-order valence-corrected chi connectivity index (χ1v) is 8.77. The second-order valence-electron chi connectivity index (χ2n) is 5.98. The van der Waals surface area contributed by atoms with E-state index in [-0.39, 0.29) is 11.9 Å². The van der Waals surface area contributed by atoms with Crippen molar-refractivity contribution in [1.82, 2.24) is 9.03 Å². The number of rotatable bonds is 5.